The number of hydroxylamine groups is 1. The van der Waals surface area contributed by atoms with Gasteiger partial charge < -0.3 is 5.73 Å². The van der Waals surface area contributed by atoms with Gasteiger partial charge in [0.1, 0.15) is 0 Å². The van der Waals surface area contributed by atoms with Gasteiger partial charge in [0.15, 0.2) is 0 Å². The second kappa shape index (κ2) is 9.55. The van der Waals surface area contributed by atoms with E-state index in [9.17, 15) is 8.42 Å². The fourth-order valence-electron chi connectivity index (χ4n) is 2.04. The van der Waals surface area contributed by atoms with Crippen molar-refractivity contribution in [3.05, 3.63) is 71.9 Å². The van der Waals surface area contributed by atoms with Crippen LogP contribution in [-0.2, 0) is 10.1 Å². The van der Waals surface area contributed by atoms with E-state index in [1.807, 2.05) is 43.3 Å². The zero-order valence-corrected chi connectivity index (χ0v) is 15.7. The van der Waals surface area contributed by atoms with E-state index in [2.05, 4.69) is 15.2 Å². The number of benzene rings is 2. The molecule has 3 rings (SSSR count). The molecular weight excluding hydrogens is 382 g/mol. The quantitative estimate of drug-likeness (QED) is 0.227. The van der Waals surface area contributed by atoms with Crippen molar-refractivity contribution in [2.75, 3.05) is 0 Å². The van der Waals surface area contributed by atoms with Crippen LogP contribution in [0.15, 0.2) is 75.8 Å². The predicted molar refractivity (Wildman–Crippen MR) is 107 cm³/mol. The number of rotatable bonds is 3. The van der Waals surface area contributed by atoms with Crippen molar-refractivity contribution < 1.29 is 18.2 Å². The number of pyridine rings is 1. The molecule has 0 amide bonds. The molecule has 1 heterocycles. The predicted octanol–water partition coefficient (Wildman–Crippen LogP) is 2.10. The summed E-state index contributed by atoms with van der Waals surface area (Å²) in [7, 11) is -4.02. The maximum Gasteiger partial charge on any atom is 0.294 e. The molecule has 146 valence electrons. The molecule has 3 aromatic rings. The number of para-hydroxylation sites is 1. The molecule has 0 saturated heterocycles. The summed E-state index contributed by atoms with van der Waals surface area (Å²) in [5, 5.41) is 16.6. The molecule has 1 aromatic heterocycles. The molecule has 28 heavy (non-hydrogen) atoms. The van der Waals surface area contributed by atoms with E-state index in [0.29, 0.717) is 5.69 Å². The van der Waals surface area contributed by atoms with E-state index < -0.39 is 10.1 Å². The molecule has 0 fully saturated rings. The Hall–Kier alpha value is -3.34. The zero-order valence-electron chi connectivity index (χ0n) is 14.9. The Morgan fingerprint density at radius 1 is 1.11 bits per heavy atom. The number of hydrogen-bond acceptors (Lipinski definition) is 6. The van der Waals surface area contributed by atoms with Crippen molar-refractivity contribution in [1.82, 2.24) is 10.5 Å². The summed E-state index contributed by atoms with van der Waals surface area (Å²) in [6.45, 7) is 1.84. The molecule has 0 saturated carbocycles. The first kappa shape index (κ1) is 21.0. The van der Waals surface area contributed by atoms with Gasteiger partial charge in [-0.2, -0.15) is 13.5 Å². The molecule has 2 aromatic carbocycles. The zero-order chi connectivity index (χ0) is 20.6. The number of hydrogen-bond donors (Lipinski definition) is 4. The smallest absolute Gasteiger partial charge is 0.294 e. The first-order valence-electron chi connectivity index (χ1n) is 7.96. The second-order valence-electron chi connectivity index (χ2n) is 5.56. The van der Waals surface area contributed by atoms with Crippen molar-refractivity contribution in [2.45, 2.75) is 11.8 Å². The number of guanidine groups is 1. The molecule has 0 unspecified atom stereocenters. The average molecular weight is 401 g/mol. The van der Waals surface area contributed by atoms with Crippen LogP contribution in [0.4, 0.5) is 0 Å². The SMILES string of the molecule is Cc1ccc(S(=O)(=O)O)cc1.N/C(=N/N=C/c1ccc2ccccc2n1)NO. The van der Waals surface area contributed by atoms with E-state index in [1.54, 1.807) is 17.6 Å². The summed E-state index contributed by atoms with van der Waals surface area (Å²) in [6, 6.07) is 17.5. The van der Waals surface area contributed by atoms with Gasteiger partial charge in [-0.3, -0.25) is 9.76 Å². The van der Waals surface area contributed by atoms with E-state index >= 15 is 0 Å². The van der Waals surface area contributed by atoms with Crippen LogP contribution in [0.1, 0.15) is 11.3 Å². The minimum atomic E-state index is -4.02. The Labute approximate surface area is 162 Å². The van der Waals surface area contributed by atoms with Crippen molar-refractivity contribution >= 4 is 33.2 Å². The molecule has 5 N–H and O–H groups in total. The van der Waals surface area contributed by atoms with E-state index in [1.165, 1.54) is 18.3 Å². The maximum absolute atomic E-state index is 10.5. The Bertz CT molecular complexity index is 1100. The highest BCUT2D eigenvalue weighted by Gasteiger charge is 2.06. The molecule has 0 atom stereocenters. The summed E-state index contributed by atoms with van der Waals surface area (Å²) in [4.78, 5) is 4.29. The Balaban J connectivity index is 0.000000221. The topological polar surface area (TPSA) is 150 Å². The van der Waals surface area contributed by atoms with Crippen LogP contribution >= 0.6 is 0 Å². The molecular formula is C18H19N5O4S. The van der Waals surface area contributed by atoms with Crippen molar-refractivity contribution in [1.29, 1.82) is 0 Å². The number of aryl methyl sites for hydroxylation is 1. The first-order valence-corrected chi connectivity index (χ1v) is 9.40. The highest BCUT2D eigenvalue weighted by atomic mass is 32.2. The normalized spacial score (nSPS) is 11.9. The van der Waals surface area contributed by atoms with E-state index in [4.69, 9.17) is 15.5 Å². The standard InChI is InChI=1S/C11H11N5O.C7H8O3S/c12-11(16-17)15-13-7-9-6-5-8-3-1-2-4-10(8)14-9;1-6-2-4-7(5-3-6)11(8,9)10/h1-7,17H,(H3,12,15,16);2-5H,1H3,(H,8,9,10)/b13-7+;. The largest absolute Gasteiger partial charge is 0.367 e. The third-order valence-electron chi connectivity index (χ3n) is 3.41. The van der Waals surface area contributed by atoms with Gasteiger partial charge in [0.25, 0.3) is 10.1 Å². The van der Waals surface area contributed by atoms with Crippen LogP contribution < -0.4 is 11.2 Å². The van der Waals surface area contributed by atoms with Crippen LogP contribution in [-0.4, -0.2) is 35.3 Å². The lowest BCUT2D eigenvalue weighted by Crippen LogP contribution is -2.27. The van der Waals surface area contributed by atoms with Crippen LogP contribution in [0.25, 0.3) is 10.9 Å². The average Bonchev–Trinajstić information content (AvgIpc) is 2.68. The van der Waals surface area contributed by atoms with Crippen molar-refractivity contribution in [3.63, 3.8) is 0 Å². The minimum absolute atomic E-state index is 0.0666. The van der Waals surface area contributed by atoms with Gasteiger partial charge in [-0.15, -0.1) is 5.10 Å². The van der Waals surface area contributed by atoms with E-state index in [0.717, 1.165) is 16.5 Å². The van der Waals surface area contributed by atoms with Crippen molar-refractivity contribution in [3.8, 4) is 0 Å². The molecule has 0 spiro atoms. The lowest BCUT2D eigenvalue weighted by Gasteiger charge is -1.97. The maximum atomic E-state index is 10.5. The van der Waals surface area contributed by atoms with E-state index in [-0.39, 0.29) is 10.9 Å². The number of nitrogens with two attached hydrogens (primary N) is 1. The van der Waals surface area contributed by atoms with Gasteiger partial charge in [-0.25, -0.2) is 10.5 Å². The van der Waals surface area contributed by atoms with Crippen LogP contribution in [0.3, 0.4) is 0 Å². The summed E-state index contributed by atoms with van der Waals surface area (Å²) >= 11 is 0. The lowest BCUT2D eigenvalue weighted by atomic mass is 10.2. The van der Waals surface area contributed by atoms with Gasteiger partial charge >= 0.3 is 0 Å². The third kappa shape index (κ3) is 6.43. The molecule has 9 nitrogen and oxygen atoms in total. The summed E-state index contributed by atoms with van der Waals surface area (Å²) < 4.78 is 29.6. The molecule has 0 aliphatic rings. The van der Waals surface area contributed by atoms with Gasteiger partial charge in [0.05, 0.1) is 22.3 Å². The highest BCUT2D eigenvalue weighted by Crippen LogP contribution is 2.10. The Morgan fingerprint density at radius 3 is 2.43 bits per heavy atom. The van der Waals surface area contributed by atoms with Crippen molar-refractivity contribution in [2.24, 2.45) is 15.9 Å². The Kier molecular flexibility index (Phi) is 7.15. The monoisotopic (exact) mass is 401 g/mol. The highest BCUT2D eigenvalue weighted by molar-refractivity contribution is 7.85. The van der Waals surface area contributed by atoms with Gasteiger partial charge in [0.2, 0.25) is 5.96 Å². The molecule has 0 radical (unpaired) electrons. The Morgan fingerprint density at radius 2 is 1.79 bits per heavy atom. The number of nitrogens with one attached hydrogen (secondary N) is 1. The molecule has 10 heteroatoms. The third-order valence-corrected chi connectivity index (χ3v) is 4.28. The molecule has 0 bridgehead atoms. The fourth-order valence-corrected chi connectivity index (χ4v) is 2.52. The van der Waals surface area contributed by atoms with Gasteiger partial charge in [-0.1, -0.05) is 42.0 Å². The lowest BCUT2D eigenvalue weighted by molar-refractivity contribution is 0.232. The minimum Gasteiger partial charge on any atom is -0.367 e. The number of fused-ring (bicyclic) bond motifs is 1. The first-order chi connectivity index (χ1) is 13.3. The summed E-state index contributed by atoms with van der Waals surface area (Å²) in [5.41, 5.74) is 9.36. The molecule has 0 aliphatic carbocycles. The second-order valence-corrected chi connectivity index (χ2v) is 6.98. The van der Waals surface area contributed by atoms with Gasteiger partial charge in [-0.05, 0) is 31.2 Å². The fraction of sp³-hybridized carbons (Fsp3) is 0.0556. The number of aromatic nitrogens is 1. The molecule has 0 aliphatic heterocycles. The van der Waals surface area contributed by atoms with Gasteiger partial charge in [0, 0.05) is 5.39 Å². The number of nitrogens with zero attached hydrogens (tertiary/aromatic N) is 3. The summed E-state index contributed by atoms with van der Waals surface area (Å²) in [5.74, 6) is -0.179. The van der Waals surface area contributed by atoms with Crippen LogP contribution in [0.2, 0.25) is 0 Å². The van der Waals surface area contributed by atoms with Crippen LogP contribution in [0, 0.1) is 6.92 Å². The van der Waals surface area contributed by atoms with Crippen LogP contribution in [0.5, 0.6) is 0 Å². The summed E-state index contributed by atoms with van der Waals surface area (Å²) in [6.07, 6.45) is 1.46.